The fourth-order valence-corrected chi connectivity index (χ4v) is 3.19. The standard InChI is InChI=1S/C19H30N2O3/c1-3-4-14-5-8-16(9-6-14)24-12-11-21-19(22)15-7-10-17(20)18(13-15)23-2/h5-6,8-9,15,17-18H,3-4,7,10-13,20H2,1-2H3,(H,21,22)/t15-,17+,18+/m0/s1. The maximum absolute atomic E-state index is 12.2. The highest BCUT2D eigenvalue weighted by molar-refractivity contribution is 5.78. The van der Waals surface area contributed by atoms with Crippen LogP contribution < -0.4 is 15.8 Å². The molecule has 134 valence electrons. The lowest BCUT2D eigenvalue weighted by Crippen LogP contribution is -2.45. The van der Waals surface area contributed by atoms with Gasteiger partial charge in [-0.15, -0.1) is 0 Å². The van der Waals surface area contributed by atoms with Crippen molar-refractivity contribution in [2.45, 2.75) is 51.2 Å². The van der Waals surface area contributed by atoms with Crippen molar-refractivity contribution in [3.63, 3.8) is 0 Å². The van der Waals surface area contributed by atoms with E-state index in [4.69, 9.17) is 15.2 Å². The van der Waals surface area contributed by atoms with Crippen LogP contribution in [0.3, 0.4) is 0 Å². The third kappa shape index (κ3) is 5.49. The van der Waals surface area contributed by atoms with Crippen molar-refractivity contribution in [3.05, 3.63) is 29.8 Å². The number of aryl methyl sites for hydroxylation is 1. The lowest BCUT2D eigenvalue weighted by Gasteiger charge is -2.32. The van der Waals surface area contributed by atoms with E-state index in [2.05, 4.69) is 24.4 Å². The second-order valence-electron chi connectivity index (χ2n) is 6.48. The van der Waals surface area contributed by atoms with Gasteiger partial charge in [-0.25, -0.2) is 0 Å². The van der Waals surface area contributed by atoms with Crippen LogP contribution in [0.5, 0.6) is 5.75 Å². The van der Waals surface area contributed by atoms with Gasteiger partial charge in [-0.1, -0.05) is 25.5 Å². The summed E-state index contributed by atoms with van der Waals surface area (Å²) in [6, 6.07) is 8.19. The van der Waals surface area contributed by atoms with Crippen LogP contribution in [0.15, 0.2) is 24.3 Å². The van der Waals surface area contributed by atoms with Gasteiger partial charge in [0, 0.05) is 19.1 Å². The zero-order chi connectivity index (χ0) is 17.4. The van der Waals surface area contributed by atoms with Crippen LogP contribution in [0.2, 0.25) is 0 Å². The van der Waals surface area contributed by atoms with Crippen molar-refractivity contribution >= 4 is 5.91 Å². The Bertz CT molecular complexity index is 504. The molecule has 0 radical (unpaired) electrons. The van der Waals surface area contributed by atoms with Gasteiger partial charge < -0.3 is 20.5 Å². The Morgan fingerprint density at radius 1 is 1.29 bits per heavy atom. The normalized spacial score (nSPS) is 23.7. The number of carbonyl (C=O) groups is 1. The molecule has 0 aromatic heterocycles. The Labute approximate surface area is 144 Å². The molecule has 3 N–H and O–H groups in total. The first-order chi connectivity index (χ1) is 11.6. The van der Waals surface area contributed by atoms with E-state index >= 15 is 0 Å². The molecule has 1 aromatic rings. The van der Waals surface area contributed by atoms with E-state index in [9.17, 15) is 4.79 Å². The topological polar surface area (TPSA) is 73.6 Å². The summed E-state index contributed by atoms with van der Waals surface area (Å²) < 4.78 is 11.0. The zero-order valence-electron chi connectivity index (χ0n) is 14.8. The summed E-state index contributed by atoms with van der Waals surface area (Å²) in [5, 5.41) is 2.95. The molecule has 3 atom stereocenters. The highest BCUT2D eigenvalue weighted by Gasteiger charge is 2.31. The van der Waals surface area contributed by atoms with Crippen LogP contribution in [0.4, 0.5) is 0 Å². The molecular formula is C19H30N2O3. The van der Waals surface area contributed by atoms with Gasteiger partial charge in [0.05, 0.1) is 12.6 Å². The predicted octanol–water partition coefficient (Wildman–Crippen LogP) is 2.28. The minimum Gasteiger partial charge on any atom is -0.492 e. The van der Waals surface area contributed by atoms with E-state index < -0.39 is 0 Å². The number of ether oxygens (including phenoxy) is 2. The summed E-state index contributed by atoms with van der Waals surface area (Å²) in [5.74, 6) is 0.904. The highest BCUT2D eigenvalue weighted by atomic mass is 16.5. The van der Waals surface area contributed by atoms with E-state index in [-0.39, 0.29) is 24.0 Å². The molecule has 0 saturated heterocycles. The lowest BCUT2D eigenvalue weighted by atomic mass is 9.83. The quantitative estimate of drug-likeness (QED) is 0.715. The summed E-state index contributed by atoms with van der Waals surface area (Å²) in [4.78, 5) is 12.2. The number of benzene rings is 1. The maximum Gasteiger partial charge on any atom is 0.223 e. The van der Waals surface area contributed by atoms with Gasteiger partial charge in [-0.05, 0) is 43.4 Å². The fourth-order valence-electron chi connectivity index (χ4n) is 3.19. The summed E-state index contributed by atoms with van der Waals surface area (Å²) in [6.45, 7) is 3.15. The van der Waals surface area contributed by atoms with Gasteiger partial charge in [0.1, 0.15) is 12.4 Å². The van der Waals surface area contributed by atoms with Gasteiger partial charge >= 0.3 is 0 Å². The Balaban J connectivity index is 1.67. The van der Waals surface area contributed by atoms with Crippen molar-refractivity contribution in [1.29, 1.82) is 0 Å². The molecule has 0 aliphatic heterocycles. The van der Waals surface area contributed by atoms with Crippen molar-refractivity contribution in [2.24, 2.45) is 11.7 Å². The number of methoxy groups -OCH3 is 1. The predicted molar refractivity (Wildman–Crippen MR) is 95.1 cm³/mol. The summed E-state index contributed by atoms with van der Waals surface area (Å²) in [6.07, 6.45) is 4.56. The molecule has 5 nitrogen and oxygen atoms in total. The molecule has 0 spiro atoms. The molecule has 1 aromatic carbocycles. The molecule has 1 aliphatic carbocycles. The van der Waals surface area contributed by atoms with E-state index in [0.29, 0.717) is 19.6 Å². The molecule has 24 heavy (non-hydrogen) atoms. The molecule has 0 unspecified atom stereocenters. The monoisotopic (exact) mass is 334 g/mol. The average molecular weight is 334 g/mol. The third-order valence-electron chi connectivity index (χ3n) is 4.65. The minimum absolute atomic E-state index is 0.0110. The van der Waals surface area contributed by atoms with E-state index in [0.717, 1.165) is 31.4 Å². The molecular weight excluding hydrogens is 304 g/mol. The lowest BCUT2D eigenvalue weighted by molar-refractivity contribution is -0.127. The number of hydrogen-bond acceptors (Lipinski definition) is 4. The van der Waals surface area contributed by atoms with E-state index in [1.54, 1.807) is 7.11 Å². The van der Waals surface area contributed by atoms with Crippen molar-refractivity contribution < 1.29 is 14.3 Å². The number of amides is 1. The maximum atomic E-state index is 12.2. The van der Waals surface area contributed by atoms with Gasteiger partial charge in [-0.3, -0.25) is 4.79 Å². The average Bonchev–Trinajstić information content (AvgIpc) is 2.60. The van der Waals surface area contributed by atoms with Crippen LogP contribution >= 0.6 is 0 Å². The number of nitrogens with two attached hydrogens (primary N) is 1. The summed E-state index contributed by atoms with van der Waals surface area (Å²) >= 11 is 0. The first kappa shape index (κ1) is 18.7. The number of rotatable bonds is 8. The SMILES string of the molecule is CCCc1ccc(OCCNC(=O)[C@H]2CC[C@@H](N)[C@H](OC)C2)cc1. The van der Waals surface area contributed by atoms with Crippen molar-refractivity contribution in [1.82, 2.24) is 5.32 Å². The van der Waals surface area contributed by atoms with Gasteiger partial charge in [0.25, 0.3) is 0 Å². The van der Waals surface area contributed by atoms with Crippen LogP contribution in [0.1, 0.15) is 38.2 Å². The largest absolute Gasteiger partial charge is 0.492 e. The third-order valence-corrected chi connectivity index (χ3v) is 4.65. The Kier molecular flexibility index (Phi) is 7.53. The van der Waals surface area contributed by atoms with Crippen LogP contribution in [0.25, 0.3) is 0 Å². The van der Waals surface area contributed by atoms with Gasteiger partial charge in [0.2, 0.25) is 5.91 Å². The molecule has 1 saturated carbocycles. The fraction of sp³-hybridized carbons (Fsp3) is 0.632. The number of carbonyl (C=O) groups excluding carboxylic acids is 1. The Hall–Kier alpha value is -1.59. The van der Waals surface area contributed by atoms with Crippen molar-refractivity contribution in [2.75, 3.05) is 20.3 Å². The van der Waals surface area contributed by atoms with Gasteiger partial charge in [0.15, 0.2) is 0 Å². The summed E-state index contributed by atoms with van der Waals surface area (Å²) in [5.41, 5.74) is 7.31. The van der Waals surface area contributed by atoms with Crippen molar-refractivity contribution in [3.8, 4) is 5.75 Å². The Morgan fingerprint density at radius 3 is 2.71 bits per heavy atom. The molecule has 0 heterocycles. The number of hydrogen-bond donors (Lipinski definition) is 2. The molecule has 0 bridgehead atoms. The van der Waals surface area contributed by atoms with Crippen LogP contribution in [-0.2, 0) is 16.0 Å². The van der Waals surface area contributed by atoms with E-state index in [1.807, 2.05) is 12.1 Å². The first-order valence-corrected chi connectivity index (χ1v) is 8.91. The van der Waals surface area contributed by atoms with Gasteiger partial charge in [-0.2, -0.15) is 0 Å². The molecule has 2 rings (SSSR count). The smallest absolute Gasteiger partial charge is 0.223 e. The van der Waals surface area contributed by atoms with Crippen LogP contribution in [0, 0.1) is 5.92 Å². The molecule has 1 aliphatic rings. The molecule has 5 heteroatoms. The Morgan fingerprint density at radius 2 is 2.04 bits per heavy atom. The molecule has 1 fully saturated rings. The minimum atomic E-state index is -0.0209. The highest BCUT2D eigenvalue weighted by Crippen LogP contribution is 2.25. The van der Waals surface area contributed by atoms with E-state index in [1.165, 1.54) is 5.56 Å². The van der Waals surface area contributed by atoms with Crippen LogP contribution in [-0.4, -0.2) is 38.3 Å². The summed E-state index contributed by atoms with van der Waals surface area (Å²) in [7, 11) is 1.66. The second kappa shape index (κ2) is 9.64. The number of nitrogens with one attached hydrogen (secondary N) is 1. The zero-order valence-corrected chi connectivity index (χ0v) is 14.8. The first-order valence-electron chi connectivity index (χ1n) is 8.91. The molecule has 1 amide bonds. The second-order valence-corrected chi connectivity index (χ2v) is 6.48.